The molecule has 1 aliphatic heterocycles. The van der Waals surface area contributed by atoms with E-state index < -0.39 is 29.6 Å². The fourth-order valence-electron chi connectivity index (χ4n) is 7.80. The van der Waals surface area contributed by atoms with Gasteiger partial charge in [-0.3, -0.25) is 9.59 Å². The van der Waals surface area contributed by atoms with E-state index in [4.69, 9.17) is 0 Å². The van der Waals surface area contributed by atoms with E-state index in [9.17, 15) is 23.9 Å². The molecule has 7 nitrogen and oxygen atoms in total. The van der Waals surface area contributed by atoms with Crippen LogP contribution in [0.5, 0.6) is 0 Å². The van der Waals surface area contributed by atoms with Gasteiger partial charge >= 0.3 is 12.0 Å². The van der Waals surface area contributed by atoms with Crippen LogP contribution in [0.1, 0.15) is 69.2 Å². The Kier molecular flexibility index (Phi) is 4.99. The number of hydrogen-bond acceptors (Lipinski definition) is 3. The Labute approximate surface area is 193 Å². The molecule has 0 radical (unpaired) electrons. The van der Waals surface area contributed by atoms with Crippen LogP contribution >= 0.6 is 0 Å². The predicted octanol–water partition coefficient (Wildman–Crippen LogP) is 4.24. The highest BCUT2D eigenvalue weighted by molar-refractivity contribution is 5.96. The molecular formula is C25H32FN3O4. The lowest BCUT2D eigenvalue weighted by molar-refractivity contribution is -0.143. The van der Waals surface area contributed by atoms with Gasteiger partial charge in [-0.25, -0.2) is 9.18 Å². The molecule has 0 aromatic heterocycles. The lowest BCUT2D eigenvalue weighted by Gasteiger charge is -2.39. The van der Waals surface area contributed by atoms with Crippen molar-refractivity contribution in [3.63, 3.8) is 0 Å². The van der Waals surface area contributed by atoms with Crippen molar-refractivity contribution in [1.82, 2.24) is 10.2 Å². The second-order valence-electron chi connectivity index (χ2n) is 11.5. The van der Waals surface area contributed by atoms with Gasteiger partial charge in [-0.1, -0.05) is 13.8 Å². The topological polar surface area (TPSA) is 98.7 Å². The third-order valence-electron chi connectivity index (χ3n) is 8.73. The van der Waals surface area contributed by atoms with Crippen molar-refractivity contribution >= 4 is 23.6 Å². The van der Waals surface area contributed by atoms with E-state index in [1.165, 1.54) is 23.5 Å². The Morgan fingerprint density at radius 2 is 1.94 bits per heavy atom. The van der Waals surface area contributed by atoms with Crippen LogP contribution in [0.2, 0.25) is 0 Å². The SMILES string of the molecule is C[C@@]12CC3CC(NC(=O)Nc4ccc(C(=O)N5CCC[C@H](C(=O)O)C5)cc4F)(C1)[C@](C)(C3)C2. The second-order valence-corrected chi connectivity index (χ2v) is 11.5. The quantitative estimate of drug-likeness (QED) is 0.630. The van der Waals surface area contributed by atoms with Gasteiger partial charge in [0.05, 0.1) is 11.6 Å². The summed E-state index contributed by atoms with van der Waals surface area (Å²) in [5.74, 6) is -1.96. The number of aliphatic carboxylic acids is 1. The highest BCUT2D eigenvalue weighted by Gasteiger charge is 2.68. The molecule has 1 saturated heterocycles. The van der Waals surface area contributed by atoms with Crippen LogP contribution in [0.15, 0.2) is 18.2 Å². The van der Waals surface area contributed by atoms with Crippen LogP contribution in [-0.4, -0.2) is 46.5 Å². The van der Waals surface area contributed by atoms with Gasteiger partial charge in [0.2, 0.25) is 0 Å². The van der Waals surface area contributed by atoms with Gasteiger partial charge in [0.25, 0.3) is 5.91 Å². The van der Waals surface area contributed by atoms with E-state index in [2.05, 4.69) is 24.5 Å². The van der Waals surface area contributed by atoms with E-state index in [1.54, 1.807) is 0 Å². The number of halogens is 1. The Morgan fingerprint density at radius 1 is 1.15 bits per heavy atom. The number of carboxylic acid groups (broad SMARTS) is 1. The number of carbonyl (C=O) groups excluding carboxylic acids is 2. The number of urea groups is 1. The van der Waals surface area contributed by atoms with Crippen LogP contribution in [0.25, 0.3) is 0 Å². The number of likely N-dealkylation sites (tertiary alicyclic amines) is 1. The molecule has 3 amide bonds. The predicted molar refractivity (Wildman–Crippen MR) is 120 cm³/mol. The van der Waals surface area contributed by atoms with Crippen molar-refractivity contribution in [3.05, 3.63) is 29.6 Å². The lowest BCUT2D eigenvalue weighted by atomic mass is 9.69. The first-order chi connectivity index (χ1) is 15.5. The number of carbonyl (C=O) groups is 3. The number of rotatable bonds is 4. The first kappa shape index (κ1) is 22.2. The minimum atomic E-state index is -0.921. The molecule has 4 saturated carbocycles. The number of nitrogens with zero attached hydrogens (tertiary/aromatic N) is 1. The van der Waals surface area contributed by atoms with E-state index >= 15 is 0 Å². The number of amides is 3. The Balaban J connectivity index is 1.25. The van der Waals surface area contributed by atoms with Gasteiger partial charge in [-0.15, -0.1) is 0 Å². The Hall–Kier alpha value is -2.64. The van der Waals surface area contributed by atoms with Crippen LogP contribution in [-0.2, 0) is 4.79 Å². The fourth-order valence-corrected chi connectivity index (χ4v) is 7.80. The lowest BCUT2D eigenvalue weighted by Crippen LogP contribution is -2.54. The zero-order valence-electron chi connectivity index (χ0n) is 19.2. The average molecular weight is 458 g/mol. The molecule has 2 unspecified atom stereocenters. The van der Waals surface area contributed by atoms with E-state index in [-0.39, 0.29) is 34.2 Å². The molecule has 4 bridgehead atoms. The smallest absolute Gasteiger partial charge is 0.319 e. The summed E-state index contributed by atoms with van der Waals surface area (Å²) < 4.78 is 14.8. The highest BCUT2D eigenvalue weighted by Crippen LogP contribution is 2.71. The van der Waals surface area contributed by atoms with E-state index in [1.807, 2.05) is 0 Å². The molecule has 1 aromatic rings. The Bertz CT molecular complexity index is 1030. The van der Waals surface area contributed by atoms with Crippen LogP contribution in [0.3, 0.4) is 0 Å². The van der Waals surface area contributed by atoms with Crippen molar-refractivity contribution in [2.45, 2.75) is 64.3 Å². The summed E-state index contributed by atoms with van der Waals surface area (Å²) in [6.07, 6.45) is 6.55. The molecular weight excluding hydrogens is 425 g/mol. The van der Waals surface area contributed by atoms with Gasteiger partial charge in [0, 0.05) is 24.2 Å². The van der Waals surface area contributed by atoms with Crippen molar-refractivity contribution in [3.8, 4) is 0 Å². The fraction of sp³-hybridized carbons (Fsp3) is 0.640. The largest absolute Gasteiger partial charge is 0.481 e. The van der Waals surface area contributed by atoms with Crippen molar-refractivity contribution in [1.29, 1.82) is 0 Å². The van der Waals surface area contributed by atoms with Gasteiger partial charge in [-0.05, 0) is 79.9 Å². The monoisotopic (exact) mass is 457 g/mol. The van der Waals surface area contributed by atoms with Gasteiger partial charge in [0.15, 0.2) is 0 Å². The highest BCUT2D eigenvalue weighted by atomic mass is 19.1. The zero-order chi connectivity index (χ0) is 23.6. The molecule has 4 aliphatic carbocycles. The molecule has 1 aromatic carbocycles. The molecule has 5 atom stereocenters. The molecule has 5 fully saturated rings. The minimum Gasteiger partial charge on any atom is -0.481 e. The normalized spacial score (nSPS) is 36.6. The number of piperidine rings is 1. The molecule has 178 valence electrons. The number of benzene rings is 1. The number of carboxylic acids is 1. The summed E-state index contributed by atoms with van der Waals surface area (Å²) in [6, 6.07) is 3.59. The van der Waals surface area contributed by atoms with Gasteiger partial charge in [0.1, 0.15) is 5.82 Å². The van der Waals surface area contributed by atoms with Crippen LogP contribution < -0.4 is 10.6 Å². The first-order valence-electron chi connectivity index (χ1n) is 11.9. The number of anilines is 1. The summed E-state index contributed by atoms with van der Waals surface area (Å²) in [7, 11) is 0. The summed E-state index contributed by atoms with van der Waals surface area (Å²) >= 11 is 0. The third kappa shape index (κ3) is 3.67. The summed E-state index contributed by atoms with van der Waals surface area (Å²) in [4.78, 5) is 38.4. The number of hydrogen-bond donors (Lipinski definition) is 3. The Morgan fingerprint density at radius 3 is 2.64 bits per heavy atom. The van der Waals surface area contributed by atoms with E-state index in [0.717, 1.165) is 31.7 Å². The summed E-state index contributed by atoms with van der Waals surface area (Å²) in [5, 5.41) is 15.1. The zero-order valence-corrected chi connectivity index (χ0v) is 19.2. The van der Waals surface area contributed by atoms with Gasteiger partial charge < -0.3 is 20.6 Å². The molecule has 8 heteroatoms. The average Bonchev–Trinajstić information content (AvgIpc) is 3.01. The van der Waals surface area contributed by atoms with E-state index in [0.29, 0.717) is 25.3 Å². The minimum absolute atomic E-state index is 0.0246. The maximum Gasteiger partial charge on any atom is 0.319 e. The second kappa shape index (κ2) is 7.43. The molecule has 0 spiro atoms. The van der Waals surface area contributed by atoms with Crippen molar-refractivity contribution in [2.75, 3.05) is 18.4 Å². The van der Waals surface area contributed by atoms with Crippen molar-refractivity contribution < 1.29 is 23.9 Å². The van der Waals surface area contributed by atoms with Gasteiger partial charge in [-0.2, -0.15) is 0 Å². The summed E-state index contributed by atoms with van der Waals surface area (Å²) in [5.41, 5.74) is 0.284. The number of nitrogens with one attached hydrogen (secondary N) is 2. The molecule has 5 aliphatic rings. The molecule has 1 heterocycles. The maximum atomic E-state index is 14.8. The molecule has 33 heavy (non-hydrogen) atoms. The van der Waals surface area contributed by atoms with Crippen molar-refractivity contribution in [2.24, 2.45) is 22.7 Å². The maximum absolute atomic E-state index is 14.8. The van der Waals surface area contributed by atoms with Crippen LogP contribution in [0.4, 0.5) is 14.9 Å². The van der Waals surface area contributed by atoms with Crippen LogP contribution in [0, 0.1) is 28.5 Å². The first-order valence-corrected chi connectivity index (χ1v) is 11.9. The third-order valence-corrected chi connectivity index (χ3v) is 8.73. The summed E-state index contributed by atoms with van der Waals surface area (Å²) in [6.45, 7) is 5.16. The standard InChI is InChI=1S/C25H32FN3O4/c1-23-9-15-10-24(2,13-23)25(11-15,14-23)28-22(33)27-19-6-5-16(8-18(19)26)20(30)29-7-3-4-17(12-29)21(31)32/h5-6,8,15,17H,3-4,7,9-14H2,1-2H3,(H,31,32)(H2,27,28,33)/t15?,17-,23-,24+,25?/m0/s1. The molecule has 6 rings (SSSR count). The molecule has 3 N–H and O–H groups in total.